The minimum Gasteiger partial charge on any atom is -0.341 e. The third-order valence-corrected chi connectivity index (χ3v) is 6.78. The van der Waals surface area contributed by atoms with Gasteiger partial charge in [-0.05, 0) is 38.1 Å². The van der Waals surface area contributed by atoms with Crippen LogP contribution in [0.4, 0.5) is 0 Å². The summed E-state index contributed by atoms with van der Waals surface area (Å²) in [6, 6.07) is 0.120. The molecule has 6 heteroatoms. The quantitative estimate of drug-likeness (QED) is 0.822. The lowest BCUT2D eigenvalue weighted by atomic mass is 10.0. The Morgan fingerprint density at radius 1 is 1.21 bits per heavy atom. The maximum atomic E-state index is 12.5. The average molecular weight is 288 g/mol. The highest BCUT2D eigenvalue weighted by Crippen LogP contribution is 2.30. The van der Waals surface area contributed by atoms with Crippen molar-refractivity contribution in [2.24, 2.45) is 11.7 Å². The predicted molar refractivity (Wildman–Crippen MR) is 74.4 cm³/mol. The Morgan fingerprint density at radius 3 is 2.58 bits per heavy atom. The largest absolute Gasteiger partial charge is 0.341 e. The van der Waals surface area contributed by atoms with Crippen LogP contribution in [0.5, 0.6) is 0 Å². The van der Waals surface area contributed by atoms with Gasteiger partial charge in [-0.1, -0.05) is 12.8 Å². The molecule has 110 valence electrons. The third kappa shape index (κ3) is 2.94. The van der Waals surface area contributed by atoms with Gasteiger partial charge in [0.2, 0.25) is 5.91 Å². The normalized spacial score (nSPS) is 34.1. The number of rotatable bonds is 3. The number of sulfone groups is 1. The fraction of sp³-hybridized carbons (Fsp3) is 0.923. The van der Waals surface area contributed by atoms with Crippen molar-refractivity contribution in [3.8, 4) is 0 Å². The molecule has 5 nitrogen and oxygen atoms in total. The molecule has 2 rings (SSSR count). The van der Waals surface area contributed by atoms with Crippen LogP contribution in [-0.2, 0) is 14.6 Å². The maximum Gasteiger partial charge on any atom is 0.240 e. The molecule has 2 aliphatic rings. The van der Waals surface area contributed by atoms with E-state index in [1.54, 1.807) is 11.9 Å². The summed E-state index contributed by atoms with van der Waals surface area (Å²) in [7, 11) is -1.50. The highest BCUT2D eigenvalue weighted by atomic mass is 32.2. The van der Waals surface area contributed by atoms with Gasteiger partial charge in [0.25, 0.3) is 0 Å². The van der Waals surface area contributed by atoms with E-state index in [1.807, 2.05) is 0 Å². The van der Waals surface area contributed by atoms with Gasteiger partial charge >= 0.3 is 0 Å². The Hall–Kier alpha value is -0.620. The van der Waals surface area contributed by atoms with Crippen LogP contribution >= 0.6 is 0 Å². The van der Waals surface area contributed by atoms with Gasteiger partial charge < -0.3 is 10.6 Å². The van der Waals surface area contributed by atoms with Crippen LogP contribution in [-0.4, -0.2) is 49.9 Å². The highest BCUT2D eigenvalue weighted by molar-refractivity contribution is 7.92. The fourth-order valence-corrected chi connectivity index (χ4v) is 5.31. The molecule has 0 bridgehead atoms. The second-order valence-electron chi connectivity index (χ2n) is 5.79. The molecule has 1 aliphatic carbocycles. The van der Waals surface area contributed by atoms with Crippen molar-refractivity contribution in [1.82, 2.24) is 4.90 Å². The second kappa shape index (κ2) is 5.79. The summed E-state index contributed by atoms with van der Waals surface area (Å²) >= 11 is 0. The minimum absolute atomic E-state index is 0.120. The number of carbonyl (C=O) groups excluding carboxylic acids is 1. The first-order valence-corrected chi connectivity index (χ1v) is 8.87. The lowest BCUT2D eigenvalue weighted by Gasteiger charge is -2.33. The molecule has 3 atom stereocenters. The van der Waals surface area contributed by atoms with E-state index in [9.17, 15) is 13.2 Å². The molecule has 2 fully saturated rings. The molecule has 19 heavy (non-hydrogen) atoms. The van der Waals surface area contributed by atoms with Crippen LogP contribution in [0.2, 0.25) is 0 Å². The molecule has 3 unspecified atom stereocenters. The topological polar surface area (TPSA) is 80.5 Å². The van der Waals surface area contributed by atoms with Gasteiger partial charge in [-0.25, -0.2) is 8.42 Å². The molecule has 0 aromatic heterocycles. The van der Waals surface area contributed by atoms with Gasteiger partial charge in [-0.2, -0.15) is 0 Å². The number of hydrogen-bond acceptors (Lipinski definition) is 4. The van der Waals surface area contributed by atoms with Crippen molar-refractivity contribution >= 4 is 15.7 Å². The van der Waals surface area contributed by atoms with Crippen LogP contribution < -0.4 is 5.73 Å². The molecule has 2 N–H and O–H groups in total. The molecule has 0 radical (unpaired) electrons. The van der Waals surface area contributed by atoms with Crippen molar-refractivity contribution in [2.45, 2.75) is 49.8 Å². The number of nitrogens with two attached hydrogens (primary N) is 1. The summed E-state index contributed by atoms with van der Waals surface area (Å²) in [6.45, 7) is 0.569. The van der Waals surface area contributed by atoms with Crippen LogP contribution in [0.1, 0.15) is 38.5 Å². The van der Waals surface area contributed by atoms with E-state index in [0.29, 0.717) is 25.3 Å². The number of amides is 1. The van der Waals surface area contributed by atoms with E-state index in [-0.39, 0.29) is 17.7 Å². The molecular formula is C13H24N2O3S. The molecule has 1 amide bonds. The van der Waals surface area contributed by atoms with E-state index < -0.39 is 15.1 Å². The zero-order valence-corrected chi connectivity index (χ0v) is 12.4. The van der Waals surface area contributed by atoms with Crippen molar-refractivity contribution < 1.29 is 13.2 Å². The van der Waals surface area contributed by atoms with Crippen molar-refractivity contribution in [3.63, 3.8) is 0 Å². The highest BCUT2D eigenvalue weighted by Gasteiger charge is 2.40. The molecule has 1 saturated heterocycles. The van der Waals surface area contributed by atoms with Gasteiger partial charge in [0.15, 0.2) is 9.84 Å². The standard InChI is InChI=1S/C13H24N2O3S/c1-15(11-6-4-5-10(11)9-14)13(16)12-7-2-3-8-19(12,17)18/h10-12H,2-9,14H2,1H3. The van der Waals surface area contributed by atoms with Gasteiger partial charge in [-0.3, -0.25) is 4.79 Å². The number of carbonyl (C=O) groups is 1. The molecule has 1 aliphatic heterocycles. The van der Waals surface area contributed by atoms with Gasteiger partial charge in [0.1, 0.15) is 5.25 Å². The summed E-state index contributed by atoms with van der Waals surface area (Å²) in [4.78, 5) is 14.1. The second-order valence-corrected chi connectivity index (χ2v) is 8.10. The molecule has 1 heterocycles. The summed E-state index contributed by atoms with van der Waals surface area (Å²) in [6.07, 6.45) is 5.04. The van der Waals surface area contributed by atoms with Crippen molar-refractivity contribution in [1.29, 1.82) is 0 Å². The summed E-state index contributed by atoms with van der Waals surface area (Å²) in [5.74, 6) is 0.257. The lowest BCUT2D eigenvalue weighted by Crippen LogP contribution is -2.49. The van der Waals surface area contributed by atoms with E-state index in [0.717, 1.165) is 25.7 Å². The SMILES string of the molecule is CN(C(=O)C1CCCCS1(=O)=O)C1CCCC1CN. The third-order valence-electron chi connectivity index (χ3n) is 4.62. The Morgan fingerprint density at radius 2 is 1.95 bits per heavy atom. The summed E-state index contributed by atoms with van der Waals surface area (Å²) in [5, 5.41) is -0.815. The monoisotopic (exact) mass is 288 g/mol. The Bertz CT molecular complexity index is 435. The van der Waals surface area contributed by atoms with E-state index in [2.05, 4.69) is 0 Å². The van der Waals surface area contributed by atoms with Crippen molar-refractivity contribution in [3.05, 3.63) is 0 Å². The zero-order chi connectivity index (χ0) is 14.0. The summed E-state index contributed by atoms with van der Waals surface area (Å²) < 4.78 is 24.0. The van der Waals surface area contributed by atoms with Crippen LogP contribution in [0, 0.1) is 5.92 Å². The summed E-state index contributed by atoms with van der Waals surface area (Å²) in [5.41, 5.74) is 5.74. The molecule has 1 saturated carbocycles. The Balaban J connectivity index is 2.10. The predicted octanol–water partition coefficient (Wildman–Crippen LogP) is 0.540. The Labute approximate surface area is 115 Å². The number of nitrogens with zero attached hydrogens (tertiary/aromatic N) is 1. The molecule has 0 aromatic carbocycles. The van der Waals surface area contributed by atoms with Gasteiger partial charge in [-0.15, -0.1) is 0 Å². The fourth-order valence-electron chi connectivity index (χ4n) is 3.42. The molecule has 0 aromatic rings. The molecular weight excluding hydrogens is 264 g/mol. The van der Waals surface area contributed by atoms with Gasteiger partial charge in [0, 0.05) is 13.1 Å². The smallest absolute Gasteiger partial charge is 0.240 e. The zero-order valence-electron chi connectivity index (χ0n) is 11.5. The first-order valence-electron chi connectivity index (χ1n) is 7.15. The maximum absolute atomic E-state index is 12.5. The minimum atomic E-state index is -3.24. The average Bonchev–Trinajstić information content (AvgIpc) is 2.84. The van der Waals surface area contributed by atoms with Crippen LogP contribution in [0.3, 0.4) is 0 Å². The van der Waals surface area contributed by atoms with Crippen LogP contribution in [0.15, 0.2) is 0 Å². The van der Waals surface area contributed by atoms with Crippen LogP contribution in [0.25, 0.3) is 0 Å². The van der Waals surface area contributed by atoms with E-state index in [1.165, 1.54) is 0 Å². The first kappa shape index (κ1) is 14.8. The molecule has 0 spiro atoms. The van der Waals surface area contributed by atoms with Gasteiger partial charge in [0.05, 0.1) is 5.75 Å². The first-order chi connectivity index (χ1) is 8.97. The number of hydrogen-bond donors (Lipinski definition) is 1. The van der Waals surface area contributed by atoms with E-state index >= 15 is 0 Å². The lowest BCUT2D eigenvalue weighted by molar-refractivity contribution is -0.132. The Kier molecular flexibility index (Phi) is 4.50. The van der Waals surface area contributed by atoms with E-state index in [4.69, 9.17) is 5.73 Å². The van der Waals surface area contributed by atoms with Crippen molar-refractivity contribution in [2.75, 3.05) is 19.3 Å².